The van der Waals surface area contributed by atoms with Crippen molar-refractivity contribution in [2.24, 2.45) is 7.05 Å². The molecule has 1 saturated carbocycles. The summed E-state index contributed by atoms with van der Waals surface area (Å²) in [7, 11) is 1.59. The largest absolute Gasteiger partial charge is 0.489 e. The van der Waals surface area contributed by atoms with E-state index in [1.54, 1.807) is 7.05 Å². The van der Waals surface area contributed by atoms with Crippen LogP contribution in [0.25, 0.3) is 5.69 Å². The Morgan fingerprint density at radius 3 is 2.47 bits per heavy atom. The number of aryl methyl sites for hydroxylation is 2. The first kappa shape index (κ1) is 20.1. The molecular formula is C25H24N4O3. The monoisotopic (exact) mass is 428 g/mol. The molecule has 1 fully saturated rings. The van der Waals surface area contributed by atoms with Crippen molar-refractivity contribution in [2.75, 3.05) is 0 Å². The highest BCUT2D eigenvalue weighted by Crippen LogP contribution is 2.43. The van der Waals surface area contributed by atoms with E-state index in [1.807, 2.05) is 67.6 Å². The molecule has 0 N–H and O–H groups in total. The molecule has 5 rings (SSSR count). The highest BCUT2D eigenvalue weighted by molar-refractivity contribution is 5.48. The predicted octanol–water partition coefficient (Wildman–Crippen LogP) is 4.52. The summed E-state index contributed by atoms with van der Waals surface area (Å²) in [5, 5.41) is 7.90. The second-order valence-corrected chi connectivity index (χ2v) is 8.05. The molecule has 0 amide bonds. The molecule has 0 spiro atoms. The van der Waals surface area contributed by atoms with E-state index < -0.39 is 0 Å². The number of tetrazole rings is 1. The number of ether oxygens (including phenoxy) is 2. The fraction of sp³-hybridized carbons (Fsp3) is 0.240. The molecule has 1 aliphatic carbocycles. The molecule has 7 nitrogen and oxygen atoms in total. The second-order valence-electron chi connectivity index (χ2n) is 8.05. The molecule has 1 aromatic heterocycles. The van der Waals surface area contributed by atoms with Gasteiger partial charge in [0.1, 0.15) is 23.9 Å². The highest BCUT2D eigenvalue weighted by atomic mass is 16.5. The van der Waals surface area contributed by atoms with Crippen LogP contribution in [0.15, 0.2) is 71.5 Å². The SMILES string of the molecule is Cc1cc(Oc2ccccc2)ccc1OCc1c(C2CC2)cccc1-n1nnn(C)c1=O. The highest BCUT2D eigenvalue weighted by Gasteiger charge is 2.28. The van der Waals surface area contributed by atoms with E-state index in [0.717, 1.165) is 41.2 Å². The first-order valence-corrected chi connectivity index (χ1v) is 10.7. The molecule has 0 atom stereocenters. The molecule has 1 heterocycles. The average Bonchev–Trinajstić information content (AvgIpc) is 3.59. The summed E-state index contributed by atoms with van der Waals surface area (Å²) in [6.07, 6.45) is 2.30. The van der Waals surface area contributed by atoms with E-state index >= 15 is 0 Å². The van der Waals surface area contributed by atoms with E-state index in [2.05, 4.69) is 16.5 Å². The van der Waals surface area contributed by atoms with Gasteiger partial charge >= 0.3 is 5.69 Å². The Balaban J connectivity index is 1.41. The number of benzene rings is 3. The minimum atomic E-state index is -0.280. The molecule has 0 bridgehead atoms. The molecule has 0 radical (unpaired) electrons. The van der Waals surface area contributed by atoms with E-state index in [9.17, 15) is 4.79 Å². The van der Waals surface area contributed by atoms with Gasteiger partial charge in [-0.2, -0.15) is 9.36 Å². The third-order valence-electron chi connectivity index (χ3n) is 5.65. The number of aromatic nitrogens is 4. The van der Waals surface area contributed by atoms with Crippen LogP contribution in [0.4, 0.5) is 0 Å². The fourth-order valence-electron chi connectivity index (χ4n) is 3.81. The Morgan fingerprint density at radius 1 is 0.969 bits per heavy atom. The van der Waals surface area contributed by atoms with Gasteiger partial charge in [-0.1, -0.05) is 30.3 Å². The number of hydrogen-bond donors (Lipinski definition) is 0. The van der Waals surface area contributed by atoms with Crippen LogP contribution >= 0.6 is 0 Å². The lowest BCUT2D eigenvalue weighted by atomic mass is 10.0. The van der Waals surface area contributed by atoms with Crippen molar-refractivity contribution in [2.45, 2.75) is 32.3 Å². The first-order chi connectivity index (χ1) is 15.6. The Bertz CT molecular complexity index is 1310. The molecular weight excluding hydrogens is 404 g/mol. The number of hydrogen-bond acceptors (Lipinski definition) is 5. The smallest absolute Gasteiger partial charge is 0.368 e. The van der Waals surface area contributed by atoms with Crippen LogP contribution in [0.3, 0.4) is 0 Å². The van der Waals surface area contributed by atoms with Crippen molar-refractivity contribution < 1.29 is 9.47 Å². The van der Waals surface area contributed by atoms with E-state index in [-0.39, 0.29) is 5.69 Å². The van der Waals surface area contributed by atoms with Crippen molar-refractivity contribution in [3.8, 4) is 22.9 Å². The lowest BCUT2D eigenvalue weighted by Gasteiger charge is -2.16. The quantitative estimate of drug-likeness (QED) is 0.433. The third kappa shape index (κ3) is 4.01. The summed E-state index contributed by atoms with van der Waals surface area (Å²) in [6, 6.07) is 21.4. The van der Waals surface area contributed by atoms with Crippen molar-refractivity contribution in [1.82, 2.24) is 19.8 Å². The van der Waals surface area contributed by atoms with E-state index in [0.29, 0.717) is 18.2 Å². The van der Waals surface area contributed by atoms with Gasteiger partial charge in [0.15, 0.2) is 0 Å². The molecule has 4 aromatic rings. The Hall–Kier alpha value is -3.87. The van der Waals surface area contributed by atoms with Crippen molar-refractivity contribution in [1.29, 1.82) is 0 Å². The van der Waals surface area contributed by atoms with Crippen molar-refractivity contribution >= 4 is 0 Å². The maximum Gasteiger partial charge on any atom is 0.368 e. The van der Waals surface area contributed by atoms with E-state index in [4.69, 9.17) is 9.47 Å². The molecule has 1 aliphatic rings. The molecule has 32 heavy (non-hydrogen) atoms. The van der Waals surface area contributed by atoms with Crippen LogP contribution in [-0.2, 0) is 13.7 Å². The zero-order valence-electron chi connectivity index (χ0n) is 18.1. The second kappa shape index (κ2) is 8.34. The minimum absolute atomic E-state index is 0.280. The van der Waals surface area contributed by atoms with Gasteiger partial charge in [0.05, 0.1) is 5.69 Å². The van der Waals surface area contributed by atoms with Gasteiger partial charge in [-0.3, -0.25) is 0 Å². The summed E-state index contributed by atoms with van der Waals surface area (Å²) >= 11 is 0. The summed E-state index contributed by atoms with van der Waals surface area (Å²) in [5.74, 6) is 2.82. The van der Waals surface area contributed by atoms with Crippen molar-refractivity contribution in [3.63, 3.8) is 0 Å². The normalized spacial score (nSPS) is 13.2. The zero-order chi connectivity index (χ0) is 22.1. The van der Waals surface area contributed by atoms with Crippen LogP contribution in [0.2, 0.25) is 0 Å². The lowest BCUT2D eigenvalue weighted by molar-refractivity contribution is 0.301. The predicted molar refractivity (Wildman–Crippen MR) is 121 cm³/mol. The molecule has 7 heteroatoms. The standard InChI is InChI=1S/C25H24N4O3/c1-17-15-20(32-19-7-4-3-5-8-19)13-14-24(17)31-16-22-21(18-11-12-18)9-6-10-23(22)29-25(30)28(2)26-27-29/h3-10,13-15,18H,11-12,16H2,1-2H3. The van der Waals surface area contributed by atoms with Crippen molar-refractivity contribution in [3.05, 3.63) is 93.9 Å². The summed E-state index contributed by atoms with van der Waals surface area (Å²) in [6.45, 7) is 2.33. The summed E-state index contributed by atoms with van der Waals surface area (Å²) in [4.78, 5) is 12.5. The maximum atomic E-state index is 12.5. The summed E-state index contributed by atoms with van der Waals surface area (Å²) < 4.78 is 14.7. The molecule has 0 aliphatic heterocycles. The van der Waals surface area contributed by atoms with Gasteiger partial charge in [-0.05, 0) is 83.6 Å². The molecule has 0 saturated heterocycles. The van der Waals surface area contributed by atoms with E-state index in [1.165, 1.54) is 14.9 Å². The van der Waals surface area contributed by atoms with Gasteiger partial charge in [0, 0.05) is 12.6 Å². The number of nitrogens with zero attached hydrogens (tertiary/aromatic N) is 4. The van der Waals surface area contributed by atoms with Crippen LogP contribution in [-0.4, -0.2) is 19.8 Å². The van der Waals surface area contributed by atoms with Gasteiger partial charge in [-0.25, -0.2) is 4.79 Å². The van der Waals surface area contributed by atoms with Crippen LogP contribution in [0.5, 0.6) is 17.2 Å². The Morgan fingerprint density at radius 2 is 1.78 bits per heavy atom. The van der Waals surface area contributed by atoms with Crippen LogP contribution in [0, 0.1) is 6.92 Å². The van der Waals surface area contributed by atoms with Crippen LogP contribution in [0.1, 0.15) is 35.4 Å². The first-order valence-electron chi connectivity index (χ1n) is 10.7. The van der Waals surface area contributed by atoms with Crippen LogP contribution < -0.4 is 15.2 Å². The number of para-hydroxylation sites is 1. The fourth-order valence-corrected chi connectivity index (χ4v) is 3.81. The topological polar surface area (TPSA) is 71.2 Å². The Kier molecular flexibility index (Phi) is 5.23. The van der Waals surface area contributed by atoms with Gasteiger partial charge in [0.2, 0.25) is 0 Å². The third-order valence-corrected chi connectivity index (χ3v) is 5.65. The molecule has 0 unspecified atom stereocenters. The number of rotatable bonds is 7. The van der Waals surface area contributed by atoms with Gasteiger partial charge in [0.25, 0.3) is 0 Å². The minimum Gasteiger partial charge on any atom is -0.489 e. The van der Waals surface area contributed by atoms with Gasteiger partial charge in [-0.15, -0.1) is 0 Å². The van der Waals surface area contributed by atoms with Gasteiger partial charge < -0.3 is 9.47 Å². The lowest BCUT2D eigenvalue weighted by Crippen LogP contribution is -2.23. The Labute approximate surface area is 185 Å². The molecule has 3 aromatic carbocycles. The average molecular weight is 428 g/mol. The summed E-state index contributed by atoms with van der Waals surface area (Å²) in [5.41, 5.74) is 3.59. The maximum absolute atomic E-state index is 12.5. The zero-order valence-corrected chi connectivity index (χ0v) is 18.1. The molecule has 162 valence electrons.